The molecule has 7 heteroatoms. The van der Waals surface area contributed by atoms with E-state index in [9.17, 15) is 12.8 Å². The number of halogens is 1. The van der Waals surface area contributed by atoms with Gasteiger partial charge >= 0.3 is 0 Å². The number of benzene rings is 1. The highest BCUT2D eigenvalue weighted by Gasteiger charge is 2.26. The van der Waals surface area contributed by atoms with Crippen molar-refractivity contribution >= 4 is 15.7 Å². The number of nitrogen functional groups attached to an aromatic ring is 1. The maximum Gasteiger partial charge on any atom is 0.245 e. The van der Waals surface area contributed by atoms with Gasteiger partial charge in [0.15, 0.2) is 0 Å². The summed E-state index contributed by atoms with van der Waals surface area (Å²) in [6.45, 7) is 2.43. The summed E-state index contributed by atoms with van der Waals surface area (Å²) in [6, 6.07) is 3.74. The van der Waals surface area contributed by atoms with Crippen molar-refractivity contribution in [2.75, 3.05) is 32.5 Å². The highest BCUT2D eigenvalue weighted by molar-refractivity contribution is 7.89. The third kappa shape index (κ3) is 2.98. The minimum Gasteiger partial charge on any atom is -0.395 e. The van der Waals surface area contributed by atoms with Crippen LogP contribution in [0.2, 0.25) is 0 Å². The topological polar surface area (TPSA) is 72.6 Å². The minimum absolute atomic E-state index is 0.200. The van der Waals surface area contributed by atoms with Gasteiger partial charge in [0.05, 0.1) is 12.3 Å². The predicted molar refractivity (Wildman–Crippen MR) is 67.1 cm³/mol. The predicted octanol–water partition coefficient (Wildman–Crippen LogP) is 1.06. The molecular weight excluding hydrogens is 259 g/mol. The Hall–Kier alpha value is -1.18. The second-order valence-electron chi connectivity index (χ2n) is 3.64. The van der Waals surface area contributed by atoms with Crippen LogP contribution in [0, 0.1) is 5.82 Å². The van der Waals surface area contributed by atoms with Crippen LogP contribution in [-0.2, 0) is 14.8 Å². The number of hydrogen-bond donors (Lipinski definition) is 1. The lowest BCUT2D eigenvalue weighted by Gasteiger charge is -2.21. The third-order valence-corrected chi connectivity index (χ3v) is 4.56. The molecule has 0 heterocycles. The summed E-state index contributed by atoms with van der Waals surface area (Å²) in [5.74, 6) is -0.737. The Kier molecular flexibility index (Phi) is 5.06. The average molecular weight is 276 g/mol. The summed E-state index contributed by atoms with van der Waals surface area (Å²) in [5.41, 5.74) is 5.12. The SMILES string of the molecule is CCN(CCOC)S(=O)(=O)c1cccc(F)c1N. The zero-order valence-corrected chi connectivity index (χ0v) is 11.2. The Balaban J connectivity index is 3.15. The number of nitrogens with zero attached hydrogens (tertiary/aromatic N) is 1. The van der Waals surface area contributed by atoms with Crippen LogP contribution in [0.5, 0.6) is 0 Å². The first kappa shape index (κ1) is 14.9. The Labute approximate surface area is 106 Å². The number of likely N-dealkylation sites (N-methyl/N-ethyl adjacent to an activating group) is 1. The van der Waals surface area contributed by atoms with Gasteiger partial charge < -0.3 is 10.5 Å². The van der Waals surface area contributed by atoms with Gasteiger partial charge in [-0.25, -0.2) is 12.8 Å². The second kappa shape index (κ2) is 6.12. The van der Waals surface area contributed by atoms with Crippen LogP contribution < -0.4 is 5.73 Å². The van der Waals surface area contributed by atoms with Gasteiger partial charge in [-0.3, -0.25) is 0 Å². The van der Waals surface area contributed by atoms with Gasteiger partial charge in [-0.15, -0.1) is 0 Å². The van der Waals surface area contributed by atoms with Crippen molar-refractivity contribution in [1.29, 1.82) is 0 Å². The van der Waals surface area contributed by atoms with Crippen molar-refractivity contribution in [2.45, 2.75) is 11.8 Å². The molecule has 0 unspecified atom stereocenters. The second-order valence-corrected chi connectivity index (χ2v) is 5.55. The van der Waals surface area contributed by atoms with E-state index in [4.69, 9.17) is 10.5 Å². The summed E-state index contributed by atoms with van der Waals surface area (Å²) in [6.07, 6.45) is 0. The summed E-state index contributed by atoms with van der Waals surface area (Å²) in [7, 11) is -2.31. The molecule has 18 heavy (non-hydrogen) atoms. The monoisotopic (exact) mass is 276 g/mol. The van der Waals surface area contributed by atoms with Gasteiger partial charge in [0, 0.05) is 20.2 Å². The molecule has 5 nitrogen and oxygen atoms in total. The number of methoxy groups -OCH3 is 1. The van der Waals surface area contributed by atoms with Gasteiger partial charge in [-0.05, 0) is 12.1 Å². The average Bonchev–Trinajstić information content (AvgIpc) is 2.33. The van der Waals surface area contributed by atoms with E-state index < -0.39 is 15.8 Å². The summed E-state index contributed by atoms with van der Waals surface area (Å²) in [5, 5.41) is 0. The fraction of sp³-hybridized carbons (Fsp3) is 0.455. The largest absolute Gasteiger partial charge is 0.395 e. The van der Waals surface area contributed by atoms with Gasteiger partial charge in [-0.1, -0.05) is 13.0 Å². The molecule has 102 valence electrons. The van der Waals surface area contributed by atoms with Crippen LogP contribution in [0.1, 0.15) is 6.92 Å². The number of para-hydroxylation sites is 1. The molecule has 0 bridgehead atoms. The van der Waals surface area contributed by atoms with Gasteiger partial charge in [0.2, 0.25) is 10.0 Å². The van der Waals surface area contributed by atoms with E-state index in [-0.39, 0.29) is 30.3 Å². The molecular formula is C11H17FN2O3S. The van der Waals surface area contributed by atoms with Gasteiger partial charge in [0.25, 0.3) is 0 Å². The van der Waals surface area contributed by atoms with E-state index in [1.165, 1.54) is 23.5 Å². The van der Waals surface area contributed by atoms with Crippen molar-refractivity contribution in [3.8, 4) is 0 Å². The van der Waals surface area contributed by atoms with E-state index in [0.717, 1.165) is 6.07 Å². The fourth-order valence-corrected chi connectivity index (χ4v) is 3.08. The highest BCUT2D eigenvalue weighted by Crippen LogP contribution is 2.24. The number of hydrogen-bond acceptors (Lipinski definition) is 4. The zero-order chi connectivity index (χ0) is 13.8. The van der Waals surface area contributed by atoms with Crippen LogP contribution in [-0.4, -0.2) is 39.5 Å². The molecule has 0 saturated heterocycles. The Morgan fingerprint density at radius 3 is 2.67 bits per heavy atom. The number of rotatable bonds is 6. The van der Waals surface area contributed by atoms with E-state index >= 15 is 0 Å². The van der Waals surface area contributed by atoms with Crippen molar-refractivity contribution in [2.24, 2.45) is 0 Å². The van der Waals surface area contributed by atoms with Crippen molar-refractivity contribution in [3.05, 3.63) is 24.0 Å². The van der Waals surface area contributed by atoms with Gasteiger partial charge in [-0.2, -0.15) is 4.31 Å². The molecule has 1 aromatic carbocycles. The smallest absolute Gasteiger partial charge is 0.245 e. The fourth-order valence-electron chi connectivity index (χ4n) is 1.52. The van der Waals surface area contributed by atoms with E-state index in [1.54, 1.807) is 6.92 Å². The van der Waals surface area contributed by atoms with Crippen LogP contribution >= 0.6 is 0 Å². The number of nitrogens with two attached hydrogens (primary N) is 1. The third-order valence-electron chi connectivity index (χ3n) is 2.53. The van der Waals surface area contributed by atoms with Crippen LogP contribution in [0.4, 0.5) is 10.1 Å². The molecule has 0 saturated carbocycles. The summed E-state index contributed by atoms with van der Waals surface area (Å²) >= 11 is 0. The maximum absolute atomic E-state index is 13.3. The lowest BCUT2D eigenvalue weighted by Crippen LogP contribution is -2.34. The van der Waals surface area contributed by atoms with Crippen molar-refractivity contribution < 1.29 is 17.5 Å². The zero-order valence-electron chi connectivity index (χ0n) is 10.4. The normalized spacial score (nSPS) is 12.0. The van der Waals surface area contributed by atoms with Crippen molar-refractivity contribution in [3.63, 3.8) is 0 Å². The lowest BCUT2D eigenvalue weighted by atomic mass is 10.3. The molecule has 1 rings (SSSR count). The Morgan fingerprint density at radius 2 is 2.11 bits per heavy atom. The number of sulfonamides is 1. The first-order chi connectivity index (χ1) is 8.45. The van der Waals surface area contributed by atoms with Crippen LogP contribution in [0.25, 0.3) is 0 Å². The molecule has 0 aliphatic heterocycles. The molecule has 0 amide bonds. The minimum atomic E-state index is -3.79. The van der Waals surface area contributed by atoms with Crippen molar-refractivity contribution in [1.82, 2.24) is 4.31 Å². The molecule has 0 aliphatic rings. The molecule has 0 spiro atoms. The molecule has 1 aromatic rings. The number of anilines is 1. The molecule has 0 radical (unpaired) electrons. The lowest BCUT2D eigenvalue weighted by molar-refractivity contribution is 0.180. The number of ether oxygens (including phenoxy) is 1. The molecule has 0 aliphatic carbocycles. The first-order valence-electron chi connectivity index (χ1n) is 5.48. The van der Waals surface area contributed by atoms with Crippen LogP contribution in [0.15, 0.2) is 23.1 Å². The standard InChI is InChI=1S/C11H17FN2O3S/c1-3-14(7-8-17-2)18(15,16)10-6-4-5-9(12)11(10)13/h4-6H,3,7-8,13H2,1-2H3. The molecule has 2 N–H and O–H groups in total. The van der Waals surface area contributed by atoms with Crippen LogP contribution in [0.3, 0.4) is 0 Å². The van der Waals surface area contributed by atoms with Gasteiger partial charge in [0.1, 0.15) is 10.7 Å². The quantitative estimate of drug-likeness (QED) is 0.789. The first-order valence-corrected chi connectivity index (χ1v) is 6.92. The summed E-state index contributed by atoms with van der Waals surface area (Å²) in [4.78, 5) is -0.208. The highest BCUT2D eigenvalue weighted by atomic mass is 32.2. The Morgan fingerprint density at radius 1 is 1.44 bits per heavy atom. The van der Waals surface area contributed by atoms with E-state index in [1.807, 2.05) is 0 Å². The molecule has 0 aromatic heterocycles. The molecule has 0 fully saturated rings. The van der Waals surface area contributed by atoms with E-state index in [0.29, 0.717) is 0 Å². The maximum atomic E-state index is 13.3. The summed E-state index contributed by atoms with van der Waals surface area (Å²) < 4.78 is 43.9. The Bertz CT molecular complexity index is 505. The van der Waals surface area contributed by atoms with E-state index in [2.05, 4.69) is 0 Å². The molecule has 0 atom stereocenters.